The van der Waals surface area contributed by atoms with E-state index in [1.165, 1.54) is 11.1 Å². The van der Waals surface area contributed by atoms with Gasteiger partial charge in [-0.15, -0.1) is 0 Å². The summed E-state index contributed by atoms with van der Waals surface area (Å²) in [5.74, 6) is 0.580. The number of hydrogen-bond acceptors (Lipinski definition) is 1. The van der Waals surface area contributed by atoms with E-state index in [0.29, 0.717) is 5.92 Å². The highest BCUT2D eigenvalue weighted by molar-refractivity contribution is 6.30. The minimum absolute atomic E-state index is 0.580. The largest absolute Gasteiger partial charge is 0.316 e. The van der Waals surface area contributed by atoms with E-state index >= 15 is 0 Å². The number of rotatable bonds is 0. The zero-order valence-corrected chi connectivity index (χ0v) is 8.56. The Morgan fingerprint density at radius 1 is 1.46 bits per heavy atom. The van der Waals surface area contributed by atoms with Crippen molar-refractivity contribution in [2.45, 2.75) is 19.3 Å². The van der Waals surface area contributed by atoms with E-state index in [2.05, 4.69) is 24.4 Å². The van der Waals surface area contributed by atoms with Crippen molar-refractivity contribution in [2.75, 3.05) is 13.1 Å². The summed E-state index contributed by atoms with van der Waals surface area (Å²) >= 11 is 5.97. The Balaban J connectivity index is 2.43. The molecule has 0 aliphatic carbocycles. The Hall–Kier alpha value is -0.530. The first-order valence-corrected chi connectivity index (χ1v) is 5.14. The Labute approximate surface area is 84.1 Å². The first kappa shape index (κ1) is 9.04. The molecule has 0 unspecified atom stereocenters. The third-order valence-corrected chi connectivity index (χ3v) is 2.90. The van der Waals surface area contributed by atoms with Crippen LogP contribution in [0.25, 0.3) is 0 Å². The second-order valence-corrected chi connectivity index (χ2v) is 4.13. The molecule has 2 rings (SSSR count). The Morgan fingerprint density at radius 3 is 3.15 bits per heavy atom. The normalized spacial score (nSPS) is 22.2. The average Bonchev–Trinajstić information content (AvgIpc) is 2.29. The van der Waals surface area contributed by atoms with Crippen LogP contribution in [0, 0.1) is 0 Å². The van der Waals surface area contributed by atoms with Crippen molar-refractivity contribution in [1.29, 1.82) is 0 Å². The summed E-state index contributed by atoms with van der Waals surface area (Å²) in [4.78, 5) is 0. The van der Waals surface area contributed by atoms with Crippen molar-refractivity contribution >= 4 is 11.6 Å². The highest BCUT2D eigenvalue weighted by atomic mass is 35.5. The van der Waals surface area contributed by atoms with Crippen molar-refractivity contribution in [3.8, 4) is 0 Å². The lowest BCUT2D eigenvalue weighted by Crippen LogP contribution is -2.18. The molecule has 1 aliphatic rings. The van der Waals surface area contributed by atoms with E-state index in [-0.39, 0.29) is 0 Å². The SMILES string of the molecule is C[C@H]1CNCC[13c]2[13cH][13cH][13c](Cl)[13cH][13c]21. The van der Waals surface area contributed by atoms with Gasteiger partial charge in [0.25, 0.3) is 0 Å². The molecule has 0 fully saturated rings. The van der Waals surface area contributed by atoms with Crippen molar-refractivity contribution < 1.29 is 0 Å². The molecule has 1 atom stereocenters. The summed E-state index contributed by atoms with van der Waals surface area (Å²) in [6.07, 6.45) is 1.12. The smallest absolute Gasteiger partial charge is 0.0409 e. The fourth-order valence-electron chi connectivity index (χ4n) is 1.90. The predicted molar refractivity (Wildman–Crippen MR) is 56.4 cm³/mol. The van der Waals surface area contributed by atoms with Gasteiger partial charge in [-0.05, 0) is 42.1 Å². The van der Waals surface area contributed by atoms with E-state index in [0.717, 1.165) is 24.5 Å². The second-order valence-electron chi connectivity index (χ2n) is 3.70. The number of hydrogen-bond donors (Lipinski definition) is 1. The number of nitrogens with one attached hydrogen (secondary N) is 1. The Bertz CT molecular complexity index is 309. The maximum Gasteiger partial charge on any atom is 0.0409 e. The zero-order valence-electron chi connectivity index (χ0n) is 7.81. The topological polar surface area (TPSA) is 12.0 Å². The van der Waals surface area contributed by atoms with Crippen LogP contribution in [0.3, 0.4) is 0 Å². The van der Waals surface area contributed by atoms with Crippen LogP contribution in [0.4, 0.5) is 0 Å². The lowest BCUT2D eigenvalue weighted by Gasteiger charge is -2.11. The Kier molecular flexibility index (Phi) is 2.56. The molecule has 0 saturated carbocycles. The minimum Gasteiger partial charge on any atom is -0.316 e. The standard InChI is InChI=1S/C11H14ClN/c1-8-7-13-5-4-9-2-3-10(12)6-11(8)9/h2-3,6,8,13H,4-5,7H2,1H3/t8-/m0/s1/i2+1,3+1,6+1,9+1,10+1,11+1. The minimum atomic E-state index is 0.580. The van der Waals surface area contributed by atoms with Crippen molar-refractivity contribution in [2.24, 2.45) is 0 Å². The molecule has 0 spiro atoms. The monoisotopic (exact) mass is 201 g/mol. The molecular weight excluding hydrogens is 188 g/mol. The third kappa shape index (κ3) is 1.87. The third-order valence-electron chi connectivity index (χ3n) is 2.66. The van der Waals surface area contributed by atoms with E-state index in [4.69, 9.17) is 11.6 Å². The number of halogens is 1. The average molecular weight is 202 g/mol. The van der Waals surface area contributed by atoms with Gasteiger partial charge in [0.05, 0.1) is 0 Å². The fraction of sp³-hybridized carbons (Fsp3) is 0.455. The van der Waals surface area contributed by atoms with E-state index < -0.39 is 0 Å². The molecule has 1 aromatic rings. The van der Waals surface area contributed by atoms with Gasteiger partial charge in [0, 0.05) is 11.6 Å². The van der Waals surface area contributed by atoms with Crippen LogP contribution < -0.4 is 5.32 Å². The first-order chi connectivity index (χ1) is 6.27. The van der Waals surface area contributed by atoms with Gasteiger partial charge in [-0.1, -0.05) is 24.6 Å². The molecule has 70 valence electrons. The fourth-order valence-corrected chi connectivity index (χ4v) is 2.08. The molecule has 0 aromatic heterocycles. The molecule has 0 amide bonds. The lowest BCUT2D eigenvalue weighted by molar-refractivity contribution is 0.644. The highest BCUT2D eigenvalue weighted by Crippen LogP contribution is 2.25. The van der Waals surface area contributed by atoms with Gasteiger partial charge in [-0.3, -0.25) is 0 Å². The molecule has 2 heteroatoms. The van der Waals surface area contributed by atoms with Gasteiger partial charge in [0.15, 0.2) is 0 Å². The molecule has 0 bridgehead atoms. The van der Waals surface area contributed by atoms with E-state index in [1.807, 2.05) is 6.07 Å². The van der Waals surface area contributed by atoms with Crippen LogP contribution in [0.15, 0.2) is 18.2 Å². The van der Waals surface area contributed by atoms with Gasteiger partial charge in [0.2, 0.25) is 0 Å². The van der Waals surface area contributed by atoms with Crippen LogP contribution in [0.1, 0.15) is 24.0 Å². The van der Waals surface area contributed by atoms with E-state index in [1.54, 1.807) is 0 Å². The van der Waals surface area contributed by atoms with Gasteiger partial charge < -0.3 is 5.32 Å². The molecular formula is C11H14ClN. The van der Waals surface area contributed by atoms with Crippen LogP contribution in [-0.2, 0) is 6.42 Å². The van der Waals surface area contributed by atoms with Gasteiger partial charge in [-0.2, -0.15) is 0 Å². The van der Waals surface area contributed by atoms with Gasteiger partial charge in [-0.25, -0.2) is 0 Å². The maximum atomic E-state index is 5.97. The quantitative estimate of drug-likeness (QED) is 0.681. The molecule has 13 heavy (non-hydrogen) atoms. The summed E-state index contributed by atoms with van der Waals surface area (Å²) in [6.45, 7) is 4.39. The molecule has 0 radical (unpaired) electrons. The molecule has 1 heterocycles. The lowest BCUT2D eigenvalue weighted by atomic mass is 10.3. The van der Waals surface area contributed by atoms with Crippen LogP contribution in [0.2, 0.25) is 5.02 Å². The molecule has 1 nitrogen and oxygen atoms in total. The summed E-state index contributed by atoms with van der Waals surface area (Å²) in [6, 6.07) is 6.24. The molecule has 1 N–H and O–H groups in total. The van der Waals surface area contributed by atoms with Crippen LogP contribution in [-0.4, -0.2) is 13.1 Å². The predicted octanol–water partition coefficient (Wildman–Crippen LogP) is 2.59. The second kappa shape index (κ2) is 3.69. The van der Waals surface area contributed by atoms with Gasteiger partial charge >= 0.3 is 0 Å². The van der Waals surface area contributed by atoms with Crippen molar-refractivity contribution in [3.63, 3.8) is 0 Å². The maximum absolute atomic E-state index is 5.97. The van der Waals surface area contributed by atoms with E-state index in [9.17, 15) is 0 Å². The highest BCUT2D eigenvalue weighted by Gasteiger charge is 2.13. The Morgan fingerprint density at radius 2 is 2.31 bits per heavy atom. The van der Waals surface area contributed by atoms with Crippen molar-refractivity contribution in [3.05, 3.63) is 34.3 Å². The molecule has 1 aliphatic heterocycles. The molecule has 0 saturated heterocycles. The van der Waals surface area contributed by atoms with Crippen LogP contribution >= 0.6 is 11.6 Å². The first-order valence-electron chi connectivity index (χ1n) is 4.76. The molecule has 1 aromatic carbocycles. The number of benzene rings is 1. The number of fused-ring (bicyclic) bond motifs is 1. The van der Waals surface area contributed by atoms with Crippen LogP contribution in [0.5, 0.6) is 0 Å². The zero-order chi connectivity index (χ0) is 9.26. The summed E-state index contributed by atoms with van der Waals surface area (Å²) in [7, 11) is 0. The summed E-state index contributed by atoms with van der Waals surface area (Å²) in [5, 5.41) is 4.27. The summed E-state index contributed by atoms with van der Waals surface area (Å²) in [5.41, 5.74) is 2.86. The summed E-state index contributed by atoms with van der Waals surface area (Å²) < 4.78 is 0. The van der Waals surface area contributed by atoms with Gasteiger partial charge in [0.1, 0.15) is 0 Å². The van der Waals surface area contributed by atoms with Crippen molar-refractivity contribution in [1.82, 2.24) is 5.32 Å².